The topological polar surface area (TPSA) is 68.1 Å². The molecule has 142 valence electrons. The maximum Gasteiger partial charge on any atom is 0.229 e. The number of methoxy groups -OCH3 is 1. The third-order valence-electron chi connectivity index (χ3n) is 5.08. The zero-order chi connectivity index (χ0) is 19.0. The highest BCUT2D eigenvalue weighted by Crippen LogP contribution is 2.29. The third-order valence-corrected chi connectivity index (χ3v) is 5.08. The smallest absolute Gasteiger partial charge is 0.229 e. The van der Waals surface area contributed by atoms with Crippen molar-refractivity contribution in [2.45, 2.75) is 20.3 Å². The molecule has 1 aliphatic heterocycles. The van der Waals surface area contributed by atoms with Crippen molar-refractivity contribution in [3.63, 3.8) is 0 Å². The van der Waals surface area contributed by atoms with Crippen molar-refractivity contribution in [2.75, 3.05) is 30.4 Å². The van der Waals surface area contributed by atoms with E-state index in [1.807, 2.05) is 37.5 Å². The number of piperidine rings is 1. The Kier molecular flexibility index (Phi) is 4.59. The minimum atomic E-state index is 0.637. The van der Waals surface area contributed by atoms with Gasteiger partial charge in [0.1, 0.15) is 11.6 Å². The maximum absolute atomic E-state index is 5.24. The largest absolute Gasteiger partial charge is 0.497 e. The van der Waals surface area contributed by atoms with E-state index < -0.39 is 0 Å². The fraction of sp³-hybridized carbons (Fsp3) is 0.450. The predicted octanol–water partition coefficient (Wildman–Crippen LogP) is 3.60. The summed E-state index contributed by atoms with van der Waals surface area (Å²) in [6.45, 7) is 6.55. The van der Waals surface area contributed by atoms with Gasteiger partial charge in [-0.15, -0.1) is 0 Å². The molecule has 2 atom stereocenters. The molecule has 3 heterocycles. The van der Waals surface area contributed by atoms with E-state index in [4.69, 9.17) is 14.7 Å². The van der Waals surface area contributed by atoms with Crippen molar-refractivity contribution >= 4 is 28.5 Å². The summed E-state index contributed by atoms with van der Waals surface area (Å²) >= 11 is 0. The summed E-state index contributed by atoms with van der Waals surface area (Å²) in [6, 6.07) is 7.82. The summed E-state index contributed by atoms with van der Waals surface area (Å²) in [6.07, 6.45) is 3.06. The minimum absolute atomic E-state index is 0.637. The summed E-state index contributed by atoms with van der Waals surface area (Å²) < 4.78 is 7.04. The summed E-state index contributed by atoms with van der Waals surface area (Å²) in [7, 11) is 3.58. The molecule has 0 bridgehead atoms. The first-order valence-corrected chi connectivity index (χ1v) is 9.39. The lowest BCUT2D eigenvalue weighted by Crippen LogP contribution is -2.39. The summed E-state index contributed by atoms with van der Waals surface area (Å²) in [5.74, 6) is 3.64. The van der Waals surface area contributed by atoms with Crippen LogP contribution in [-0.2, 0) is 7.05 Å². The molecule has 1 aromatic carbocycles. The van der Waals surface area contributed by atoms with Crippen molar-refractivity contribution in [3.05, 3.63) is 30.5 Å². The maximum atomic E-state index is 5.24. The van der Waals surface area contributed by atoms with Gasteiger partial charge < -0.3 is 15.0 Å². The first kappa shape index (κ1) is 17.6. The molecule has 1 fully saturated rings. The van der Waals surface area contributed by atoms with Crippen LogP contribution in [0.4, 0.5) is 17.5 Å². The first-order valence-electron chi connectivity index (χ1n) is 9.39. The van der Waals surface area contributed by atoms with E-state index in [9.17, 15) is 0 Å². The second kappa shape index (κ2) is 7.06. The number of rotatable bonds is 4. The monoisotopic (exact) mass is 366 g/mol. The molecule has 0 amide bonds. The Bertz CT molecular complexity index is 926. The fourth-order valence-corrected chi connectivity index (χ4v) is 3.88. The van der Waals surface area contributed by atoms with Gasteiger partial charge in [-0.1, -0.05) is 13.8 Å². The SMILES string of the molecule is COc1ccc(Nc2nc(N3C[C@H](C)C[C@@H](C)C3)nc3c2cnn3C)cc1. The van der Waals surface area contributed by atoms with Crippen LogP contribution in [0.1, 0.15) is 20.3 Å². The van der Waals surface area contributed by atoms with Gasteiger partial charge in [0.2, 0.25) is 5.95 Å². The van der Waals surface area contributed by atoms with Gasteiger partial charge in [0.25, 0.3) is 0 Å². The number of ether oxygens (including phenoxy) is 1. The van der Waals surface area contributed by atoms with Crippen LogP contribution in [0.2, 0.25) is 0 Å². The molecule has 27 heavy (non-hydrogen) atoms. The van der Waals surface area contributed by atoms with Gasteiger partial charge in [0, 0.05) is 25.8 Å². The van der Waals surface area contributed by atoms with Crippen LogP contribution >= 0.6 is 0 Å². The number of nitrogens with one attached hydrogen (secondary N) is 1. The molecular weight excluding hydrogens is 340 g/mol. The van der Waals surface area contributed by atoms with Gasteiger partial charge in [-0.2, -0.15) is 15.1 Å². The van der Waals surface area contributed by atoms with Crippen LogP contribution in [0.3, 0.4) is 0 Å². The standard InChI is InChI=1S/C20H26N6O/c1-13-9-14(2)12-26(11-13)20-23-18(17-10-21-25(3)19(17)24-20)22-15-5-7-16(27-4)8-6-15/h5-8,10,13-14H,9,11-12H2,1-4H3,(H,22,23,24)/t13-,14-/m1/s1. The number of hydrogen-bond acceptors (Lipinski definition) is 6. The molecule has 0 aliphatic carbocycles. The van der Waals surface area contributed by atoms with Crippen molar-refractivity contribution in [1.29, 1.82) is 0 Å². The highest BCUT2D eigenvalue weighted by molar-refractivity contribution is 5.89. The normalized spacial score (nSPS) is 20.1. The molecule has 0 unspecified atom stereocenters. The molecule has 3 aromatic rings. The van der Waals surface area contributed by atoms with Crippen LogP contribution in [0.5, 0.6) is 5.75 Å². The Labute approximate surface area is 159 Å². The van der Waals surface area contributed by atoms with Gasteiger partial charge in [0.05, 0.1) is 18.7 Å². The number of benzene rings is 1. The van der Waals surface area contributed by atoms with Gasteiger partial charge in [0.15, 0.2) is 5.65 Å². The van der Waals surface area contributed by atoms with Crippen molar-refractivity contribution in [1.82, 2.24) is 19.7 Å². The Hall–Kier alpha value is -2.83. The third kappa shape index (κ3) is 3.54. The molecule has 1 saturated heterocycles. The summed E-state index contributed by atoms with van der Waals surface area (Å²) in [5, 5.41) is 8.72. The molecule has 0 saturated carbocycles. The highest BCUT2D eigenvalue weighted by atomic mass is 16.5. The van der Waals surface area contributed by atoms with Crippen LogP contribution in [0.15, 0.2) is 30.5 Å². The Balaban J connectivity index is 1.72. The van der Waals surface area contributed by atoms with E-state index in [0.717, 1.165) is 47.3 Å². The van der Waals surface area contributed by atoms with Gasteiger partial charge in [-0.25, -0.2) is 0 Å². The van der Waals surface area contributed by atoms with Crippen molar-refractivity contribution in [2.24, 2.45) is 18.9 Å². The van der Waals surface area contributed by atoms with Gasteiger partial charge >= 0.3 is 0 Å². The van der Waals surface area contributed by atoms with Crippen LogP contribution in [0, 0.1) is 11.8 Å². The van der Waals surface area contributed by atoms with E-state index in [0.29, 0.717) is 11.8 Å². The number of aromatic nitrogens is 4. The number of fused-ring (bicyclic) bond motifs is 1. The molecule has 2 aromatic heterocycles. The van der Waals surface area contributed by atoms with Crippen LogP contribution < -0.4 is 15.0 Å². The molecule has 0 spiro atoms. The Morgan fingerprint density at radius 3 is 2.44 bits per heavy atom. The van der Waals surface area contributed by atoms with E-state index in [-0.39, 0.29) is 0 Å². The molecular formula is C20H26N6O. The van der Waals surface area contributed by atoms with E-state index >= 15 is 0 Å². The summed E-state index contributed by atoms with van der Waals surface area (Å²) in [4.78, 5) is 12.0. The quantitative estimate of drug-likeness (QED) is 0.761. The zero-order valence-electron chi connectivity index (χ0n) is 16.3. The van der Waals surface area contributed by atoms with E-state index in [1.54, 1.807) is 11.8 Å². The average Bonchev–Trinajstić information content (AvgIpc) is 3.03. The highest BCUT2D eigenvalue weighted by Gasteiger charge is 2.25. The second-order valence-corrected chi connectivity index (χ2v) is 7.58. The minimum Gasteiger partial charge on any atom is -0.497 e. The molecule has 0 radical (unpaired) electrons. The average molecular weight is 366 g/mol. The van der Waals surface area contributed by atoms with Gasteiger partial charge in [-0.05, 0) is 42.5 Å². The number of hydrogen-bond donors (Lipinski definition) is 1. The Morgan fingerprint density at radius 2 is 1.78 bits per heavy atom. The molecule has 4 rings (SSSR count). The molecule has 1 N–H and O–H groups in total. The summed E-state index contributed by atoms with van der Waals surface area (Å²) in [5.41, 5.74) is 1.79. The lowest BCUT2D eigenvalue weighted by Gasteiger charge is -2.35. The molecule has 1 aliphatic rings. The van der Waals surface area contributed by atoms with Crippen molar-refractivity contribution in [3.8, 4) is 5.75 Å². The van der Waals surface area contributed by atoms with Crippen LogP contribution in [-0.4, -0.2) is 39.9 Å². The fourth-order valence-electron chi connectivity index (χ4n) is 3.88. The first-order chi connectivity index (χ1) is 13.0. The second-order valence-electron chi connectivity index (χ2n) is 7.58. The number of nitrogens with zero attached hydrogens (tertiary/aromatic N) is 5. The lowest BCUT2D eigenvalue weighted by molar-refractivity contribution is 0.354. The van der Waals surface area contributed by atoms with E-state index in [1.165, 1.54) is 6.42 Å². The molecule has 7 heteroatoms. The lowest BCUT2D eigenvalue weighted by atomic mass is 9.92. The molecule has 7 nitrogen and oxygen atoms in total. The van der Waals surface area contributed by atoms with Crippen molar-refractivity contribution < 1.29 is 4.74 Å². The predicted molar refractivity (Wildman–Crippen MR) is 108 cm³/mol. The number of anilines is 3. The Morgan fingerprint density at radius 1 is 1.07 bits per heavy atom. The number of aryl methyl sites for hydroxylation is 1. The van der Waals surface area contributed by atoms with E-state index in [2.05, 4.69) is 29.2 Å². The van der Waals surface area contributed by atoms with Gasteiger partial charge in [-0.3, -0.25) is 4.68 Å². The van der Waals surface area contributed by atoms with Crippen LogP contribution in [0.25, 0.3) is 11.0 Å². The zero-order valence-corrected chi connectivity index (χ0v) is 16.3.